The highest BCUT2D eigenvalue weighted by Crippen LogP contribution is 2.24. The molecule has 0 atom stereocenters. The van der Waals surface area contributed by atoms with E-state index in [1.807, 2.05) is 30.3 Å². The van der Waals surface area contributed by atoms with Crippen molar-refractivity contribution in [1.29, 1.82) is 0 Å². The number of hydrogen-bond acceptors (Lipinski definition) is 3. The molecule has 0 unspecified atom stereocenters. The van der Waals surface area contributed by atoms with Crippen molar-refractivity contribution in [3.8, 4) is 17.0 Å². The van der Waals surface area contributed by atoms with E-state index in [1.54, 1.807) is 30.1 Å². The molecule has 0 radical (unpaired) electrons. The van der Waals surface area contributed by atoms with Crippen LogP contribution in [-0.4, -0.2) is 21.7 Å². The van der Waals surface area contributed by atoms with Crippen LogP contribution in [0.3, 0.4) is 0 Å². The van der Waals surface area contributed by atoms with Crippen molar-refractivity contribution in [2.75, 3.05) is 7.11 Å². The van der Waals surface area contributed by atoms with Gasteiger partial charge in [-0.3, -0.25) is 0 Å². The van der Waals surface area contributed by atoms with Crippen LogP contribution < -0.4 is 4.74 Å². The van der Waals surface area contributed by atoms with Gasteiger partial charge in [-0.25, -0.2) is 4.98 Å². The van der Waals surface area contributed by atoms with Gasteiger partial charge in [0.05, 0.1) is 13.3 Å². The van der Waals surface area contributed by atoms with Gasteiger partial charge in [-0.1, -0.05) is 30.3 Å². The smallest absolute Gasteiger partial charge is 0.217 e. The maximum absolute atomic E-state index is 5.24. The normalized spacial score (nSPS) is 10.6. The maximum Gasteiger partial charge on any atom is 0.217 e. The lowest BCUT2D eigenvalue weighted by atomic mass is 10.1. The Labute approximate surface area is 98.5 Å². The van der Waals surface area contributed by atoms with Gasteiger partial charge in [0.25, 0.3) is 0 Å². The van der Waals surface area contributed by atoms with Crippen LogP contribution in [0.25, 0.3) is 16.8 Å². The molecule has 4 nitrogen and oxygen atoms in total. The molecule has 3 aromatic rings. The van der Waals surface area contributed by atoms with E-state index < -0.39 is 0 Å². The van der Waals surface area contributed by atoms with Gasteiger partial charge in [0, 0.05) is 17.8 Å². The van der Waals surface area contributed by atoms with Gasteiger partial charge in [-0.05, 0) is 5.56 Å². The molecule has 0 aliphatic carbocycles. The number of nitrogens with zero attached hydrogens (tertiary/aromatic N) is 3. The van der Waals surface area contributed by atoms with E-state index in [1.165, 1.54) is 0 Å². The number of rotatable bonds is 2. The molecule has 4 heteroatoms. The fourth-order valence-electron chi connectivity index (χ4n) is 1.85. The summed E-state index contributed by atoms with van der Waals surface area (Å²) in [5.41, 5.74) is 2.91. The van der Waals surface area contributed by atoms with Crippen LogP contribution in [-0.2, 0) is 0 Å². The molecular formula is C13H11N3O. The first-order valence-corrected chi connectivity index (χ1v) is 5.32. The third kappa shape index (κ3) is 1.54. The fraction of sp³-hybridized carbons (Fsp3) is 0.0769. The Morgan fingerprint density at radius 3 is 2.71 bits per heavy atom. The average Bonchev–Trinajstić information content (AvgIpc) is 2.83. The molecule has 2 heterocycles. The average molecular weight is 225 g/mol. The lowest BCUT2D eigenvalue weighted by Crippen LogP contribution is -1.96. The third-order valence-electron chi connectivity index (χ3n) is 2.66. The number of aromatic nitrogens is 3. The van der Waals surface area contributed by atoms with Crippen molar-refractivity contribution in [3.63, 3.8) is 0 Å². The van der Waals surface area contributed by atoms with E-state index >= 15 is 0 Å². The first-order valence-electron chi connectivity index (χ1n) is 5.32. The van der Waals surface area contributed by atoms with Crippen molar-refractivity contribution >= 4 is 5.65 Å². The molecule has 0 saturated heterocycles. The molecule has 0 N–H and O–H groups in total. The number of benzene rings is 1. The summed E-state index contributed by atoms with van der Waals surface area (Å²) >= 11 is 0. The molecule has 3 rings (SSSR count). The predicted molar refractivity (Wildman–Crippen MR) is 65.0 cm³/mol. The van der Waals surface area contributed by atoms with Crippen LogP contribution in [0.1, 0.15) is 0 Å². The van der Waals surface area contributed by atoms with E-state index in [-0.39, 0.29) is 0 Å². The third-order valence-corrected chi connectivity index (χ3v) is 2.66. The van der Waals surface area contributed by atoms with Crippen molar-refractivity contribution in [3.05, 3.63) is 48.8 Å². The van der Waals surface area contributed by atoms with Gasteiger partial charge in [-0.15, -0.1) is 0 Å². The van der Waals surface area contributed by atoms with E-state index in [9.17, 15) is 0 Å². The molecule has 0 spiro atoms. The molecule has 17 heavy (non-hydrogen) atoms. The highest BCUT2D eigenvalue weighted by molar-refractivity contribution is 5.77. The van der Waals surface area contributed by atoms with E-state index in [0.29, 0.717) is 5.88 Å². The van der Waals surface area contributed by atoms with Crippen molar-refractivity contribution in [2.45, 2.75) is 0 Å². The Kier molecular flexibility index (Phi) is 2.26. The maximum atomic E-state index is 5.24. The zero-order valence-corrected chi connectivity index (χ0v) is 9.37. The Bertz CT molecular complexity index is 646. The summed E-state index contributed by atoms with van der Waals surface area (Å²) < 4.78 is 6.93. The molecule has 0 aliphatic rings. The first kappa shape index (κ1) is 9.84. The second kappa shape index (κ2) is 3.90. The molecule has 0 aliphatic heterocycles. The van der Waals surface area contributed by atoms with Gasteiger partial charge < -0.3 is 4.74 Å². The zero-order valence-electron chi connectivity index (χ0n) is 9.37. The van der Waals surface area contributed by atoms with Crippen molar-refractivity contribution in [1.82, 2.24) is 14.6 Å². The number of fused-ring (bicyclic) bond motifs is 1. The molecule has 0 fully saturated rings. The van der Waals surface area contributed by atoms with Gasteiger partial charge in [0.15, 0.2) is 5.65 Å². The highest BCUT2D eigenvalue weighted by atomic mass is 16.5. The Balaban J connectivity index is 2.26. The van der Waals surface area contributed by atoms with Crippen LogP contribution in [0.2, 0.25) is 0 Å². The lowest BCUT2D eigenvalue weighted by Gasteiger charge is -2.02. The van der Waals surface area contributed by atoms with Crippen LogP contribution >= 0.6 is 0 Å². The summed E-state index contributed by atoms with van der Waals surface area (Å²) in [6.07, 6.45) is 3.53. The summed E-state index contributed by atoms with van der Waals surface area (Å²) in [4.78, 5) is 4.35. The minimum absolute atomic E-state index is 0.678. The predicted octanol–water partition coefficient (Wildman–Crippen LogP) is 2.40. The largest absolute Gasteiger partial charge is 0.481 e. The summed E-state index contributed by atoms with van der Waals surface area (Å²) in [6.45, 7) is 0. The fourth-order valence-corrected chi connectivity index (χ4v) is 1.85. The SMILES string of the molecule is COc1ccnc2c(-c3ccccc3)cnn12. The van der Waals surface area contributed by atoms with Crippen LogP contribution in [0.5, 0.6) is 5.88 Å². The molecule has 1 aromatic carbocycles. The molecule has 0 amide bonds. The van der Waals surface area contributed by atoms with Crippen molar-refractivity contribution in [2.24, 2.45) is 0 Å². The molecule has 0 bridgehead atoms. The summed E-state index contributed by atoms with van der Waals surface area (Å²) in [6, 6.07) is 11.9. The van der Waals surface area contributed by atoms with E-state index in [4.69, 9.17) is 4.74 Å². The van der Waals surface area contributed by atoms with Gasteiger partial charge in [0.1, 0.15) is 0 Å². The highest BCUT2D eigenvalue weighted by Gasteiger charge is 2.09. The number of methoxy groups -OCH3 is 1. The zero-order chi connectivity index (χ0) is 11.7. The molecule has 2 aromatic heterocycles. The van der Waals surface area contributed by atoms with Gasteiger partial charge >= 0.3 is 0 Å². The Hall–Kier alpha value is -2.36. The Morgan fingerprint density at radius 1 is 1.12 bits per heavy atom. The van der Waals surface area contributed by atoms with Crippen LogP contribution in [0.15, 0.2) is 48.8 Å². The van der Waals surface area contributed by atoms with E-state index in [2.05, 4.69) is 10.1 Å². The number of hydrogen-bond donors (Lipinski definition) is 0. The number of ether oxygens (including phenoxy) is 1. The standard InChI is InChI=1S/C13H11N3O/c1-17-12-7-8-14-13-11(9-15-16(12)13)10-5-3-2-4-6-10/h2-9H,1H3. The quantitative estimate of drug-likeness (QED) is 0.672. The van der Waals surface area contributed by atoms with Gasteiger partial charge in [-0.2, -0.15) is 9.61 Å². The van der Waals surface area contributed by atoms with Gasteiger partial charge in [0.2, 0.25) is 5.88 Å². The summed E-state index contributed by atoms with van der Waals surface area (Å²) in [5, 5.41) is 4.29. The van der Waals surface area contributed by atoms with Crippen LogP contribution in [0.4, 0.5) is 0 Å². The summed E-state index contributed by atoms with van der Waals surface area (Å²) in [7, 11) is 1.62. The minimum Gasteiger partial charge on any atom is -0.481 e. The second-order valence-corrected chi connectivity index (χ2v) is 3.65. The molecular weight excluding hydrogens is 214 g/mol. The minimum atomic E-state index is 0.678. The Morgan fingerprint density at radius 2 is 1.94 bits per heavy atom. The molecule has 84 valence electrons. The van der Waals surface area contributed by atoms with Crippen LogP contribution in [0, 0.1) is 0 Å². The van der Waals surface area contributed by atoms with Crippen molar-refractivity contribution < 1.29 is 4.74 Å². The summed E-state index contributed by atoms with van der Waals surface area (Å²) in [5.74, 6) is 0.678. The first-order chi connectivity index (χ1) is 8.40. The monoisotopic (exact) mass is 225 g/mol. The van der Waals surface area contributed by atoms with E-state index in [0.717, 1.165) is 16.8 Å². The molecule has 0 saturated carbocycles. The topological polar surface area (TPSA) is 39.4 Å². The second-order valence-electron chi connectivity index (χ2n) is 3.65. The lowest BCUT2D eigenvalue weighted by molar-refractivity contribution is 0.385.